The van der Waals surface area contributed by atoms with E-state index in [1.54, 1.807) is 22.7 Å². The lowest BCUT2D eigenvalue weighted by atomic mass is 10.0. The van der Waals surface area contributed by atoms with E-state index in [1.165, 1.54) is 26.5 Å². The fourth-order valence-corrected chi connectivity index (χ4v) is 7.26. The summed E-state index contributed by atoms with van der Waals surface area (Å²) in [6.45, 7) is 3.77. The van der Waals surface area contributed by atoms with Crippen LogP contribution in [-0.2, 0) is 40.7 Å². The fraction of sp³-hybridized carbons (Fsp3) is 0.324. The largest absolute Gasteiger partial charge is 0.480 e. The molecule has 4 aromatic rings. The molecule has 8 heteroatoms. The van der Waals surface area contributed by atoms with Crippen LogP contribution in [0.5, 0.6) is 0 Å². The molecule has 0 radical (unpaired) electrons. The van der Waals surface area contributed by atoms with Crippen LogP contribution in [0.25, 0.3) is 5.57 Å². The van der Waals surface area contributed by atoms with Gasteiger partial charge in [0.25, 0.3) is 0 Å². The molecule has 1 aliphatic rings. The number of thiophene rings is 2. The van der Waals surface area contributed by atoms with E-state index in [1.807, 2.05) is 36.4 Å². The maximum absolute atomic E-state index is 11.8. The molecule has 1 saturated heterocycles. The highest BCUT2D eigenvalue weighted by molar-refractivity contribution is 7.14. The maximum Gasteiger partial charge on any atom is 0.320 e. The van der Waals surface area contributed by atoms with Gasteiger partial charge in [-0.05, 0) is 71.0 Å². The number of carboxylic acids is 1. The van der Waals surface area contributed by atoms with Gasteiger partial charge in [-0.1, -0.05) is 73.2 Å². The minimum Gasteiger partial charge on any atom is -0.480 e. The second-order valence-corrected chi connectivity index (χ2v) is 12.1. The van der Waals surface area contributed by atoms with Crippen LogP contribution in [-0.4, -0.2) is 35.1 Å². The van der Waals surface area contributed by atoms with Gasteiger partial charge < -0.3 is 14.6 Å². The van der Waals surface area contributed by atoms with Crippen LogP contribution in [0.4, 0.5) is 0 Å². The van der Waals surface area contributed by atoms with E-state index in [0.717, 1.165) is 49.9 Å². The molecule has 2 aromatic heterocycles. The van der Waals surface area contributed by atoms with Crippen molar-refractivity contribution in [3.8, 4) is 0 Å². The van der Waals surface area contributed by atoms with Crippen molar-refractivity contribution in [2.45, 2.75) is 58.2 Å². The van der Waals surface area contributed by atoms with Crippen molar-refractivity contribution >= 4 is 46.6 Å². The van der Waals surface area contributed by atoms with Gasteiger partial charge in [0.15, 0.2) is 0 Å². The molecule has 5 nitrogen and oxygen atoms in total. The number of ether oxygens (including phenoxy) is 2. The number of rotatable bonds is 14. The number of likely N-dealkylation sites (tertiary alicyclic amines) is 1. The van der Waals surface area contributed by atoms with E-state index >= 15 is 0 Å². The Bertz CT molecular complexity index is 1320. The van der Waals surface area contributed by atoms with Crippen molar-refractivity contribution in [1.29, 1.82) is 0 Å². The van der Waals surface area contributed by atoms with Crippen LogP contribution in [0, 0.1) is 0 Å². The van der Waals surface area contributed by atoms with Gasteiger partial charge >= 0.3 is 5.97 Å². The number of aliphatic carboxylic acids is 1. The highest BCUT2D eigenvalue weighted by Crippen LogP contribution is 2.37. The molecule has 0 bridgehead atoms. The zero-order chi connectivity index (χ0) is 28.3. The topological polar surface area (TPSA) is 59.0 Å². The maximum atomic E-state index is 11.8. The highest BCUT2D eigenvalue weighted by atomic mass is 35.5. The zero-order valence-corrected chi connectivity index (χ0v) is 26.1. The normalized spacial score (nSPS) is 15.2. The summed E-state index contributed by atoms with van der Waals surface area (Å²) in [5, 5.41) is 14.0. The lowest BCUT2D eigenvalue weighted by molar-refractivity contribution is -0.144. The fourth-order valence-electron chi connectivity index (χ4n) is 5.28. The minimum absolute atomic E-state index is 0. The van der Waals surface area contributed by atoms with E-state index in [0.29, 0.717) is 26.4 Å². The number of halogens is 1. The van der Waals surface area contributed by atoms with E-state index in [2.05, 4.69) is 58.1 Å². The third kappa shape index (κ3) is 8.86. The van der Waals surface area contributed by atoms with Crippen LogP contribution in [0.2, 0.25) is 0 Å². The minimum atomic E-state index is -0.707. The van der Waals surface area contributed by atoms with Crippen LogP contribution in [0.1, 0.15) is 57.7 Å². The van der Waals surface area contributed by atoms with Gasteiger partial charge in [0.1, 0.15) is 6.04 Å². The molecule has 1 atom stereocenters. The van der Waals surface area contributed by atoms with Gasteiger partial charge in [0.05, 0.1) is 26.4 Å². The Morgan fingerprint density at radius 1 is 0.810 bits per heavy atom. The number of piperidine rings is 1. The van der Waals surface area contributed by atoms with Gasteiger partial charge in [0, 0.05) is 21.9 Å². The second kappa shape index (κ2) is 16.8. The standard InChI is InChI=1S/C34H37NO4S2.ClH/c36-34(37)31-15-7-8-18-35(31)19-9-14-30(32-28(16-20-40-32)24-38-22-26-10-3-1-4-11-26)33-29(17-21-41-33)25-39-23-27-12-5-2-6-13-27;/h1-6,10-14,16-17,20-21,31H,7-9,15,18-19,22-25H2,(H,36,37);1H. The molecule has 1 fully saturated rings. The third-order valence-electron chi connectivity index (χ3n) is 7.38. The van der Waals surface area contributed by atoms with Gasteiger partial charge in [-0.3, -0.25) is 9.69 Å². The smallest absolute Gasteiger partial charge is 0.320 e. The van der Waals surface area contributed by atoms with E-state index in [9.17, 15) is 9.90 Å². The molecule has 42 heavy (non-hydrogen) atoms. The number of carbonyl (C=O) groups is 1. The summed E-state index contributed by atoms with van der Waals surface area (Å²) in [4.78, 5) is 16.4. The zero-order valence-electron chi connectivity index (χ0n) is 23.7. The Kier molecular flexibility index (Phi) is 12.8. The van der Waals surface area contributed by atoms with Crippen molar-refractivity contribution in [3.63, 3.8) is 0 Å². The predicted molar refractivity (Wildman–Crippen MR) is 174 cm³/mol. The highest BCUT2D eigenvalue weighted by Gasteiger charge is 2.27. The van der Waals surface area contributed by atoms with E-state index in [-0.39, 0.29) is 18.4 Å². The molecule has 0 amide bonds. The Hall–Kier alpha value is -2.78. The van der Waals surface area contributed by atoms with Crippen LogP contribution in [0.15, 0.2) is 89.6 Å². The van der Waals surface area contributed by atoms with Crippen molar-refractivity contribution in [3.05, 3.63) is 122 Å². The third-order valence-corrected chi connectivity index (χ3v) is 9.36. The molecule has 2 aromatic carbocycles. The average molecular weight is 624 g/mol. The van der Waals surface area contributed by atoms with E-state index in [4.69, 9.17) is 9.47 Å². The lowest BCUT2D eigenvalue weighted by Crippen LogP contribution is -2.44. The van der Waals surface area contributed by atoms with Crippen LogP contribution in [0.3, 0.4) is 0 Å². The van der Waals surface area contributed by atoms with Crippen LogP contribution < -0.4 is 0 Å². The average Bonchev–Trinajstić information content (AvgIpc) is 3.67. The Morgan fingerprint density at radius 3 is 1.88 bits per heavy atom. The van der Waals surface area contributed by atoms with Crippen molar-refractivity contribution in [1.82, 2.24) is 4.90 Å². The quantitative estimate of drug-likeness (QED) is 0.153. The van der Waals surface area contributed by atoms with Crippen molar-refractivity contribution in [2.75, 3.05) is 13.1 Å². The van der Waals surface area contributed by atoms with Gasteiger partial charge in [-0.25, -0.2) is 0 Å². The molecule has 0 spiro atoms. The lowest BCUT2D eigenvalue weighted by Gasteiger charge is -2.32. The Labute approximate surface area is 262 Å². The molecule has 1 unspecified atom stereocenters. The molecular weight excluding hydrogens is 586 g/mol. The number of benzene rings is 2. The monoisotopic (exact) mass is 623 g/mol. The van der Waals surface area contributed by atoms with Crippen molar-refractivity contribution < 1.29 is 19.4 Å². The summed E-state index contributed by atoms with van der Waals surface area (Å²) in [6, 6.07) is 24.4. The summed E-state index contributed by atoms with van der Waals surface area (Å²) in [5.74, 6) is -0.707. The van der Waals surface area contributed by atoms with Gasteiger partial charge in [-0.2, -0.15) is 0 Å². The summed E-state index contributed by atoms with van der Waals surface area (Å²) in [7, 11) is 0. The number of nitrogens with zero attached hydrogens (tertiary/aromatic N) is 1. The first-order valence-corrected chi connectivity index (χ1v) is 16.0. The number of carboxylic acid groups (broad SMARTS) is 1. The predicted octanol–water partition coefficient (Wildman–Crippen LogP) is 8.43. The summed E-state index contributed by atoms with van der Waals surface area (Å²) in [6.07, 6.45) is 5.85. The number of hydrogen-bond acceptors (Lipinski definition) is 6. The molecule has 0 aliphatic carbocycles. The Balaban J connectivity index is 0.00000405. The molecule has 5 rings (SSSR count). The summed E-state index contributed by atoms with van der Waals surface area (Å²) < 4.78 is 12.3. The molecule has 1 aliphatic heterocycles. The van der Waals surface area contributed by atoms with Crippen molar-refractivity contribution in [2.24, 2.45) is 0 Å². The molecule has 0 saturated carbocycles. The second-order valence-electron chi connectivity index (χ2n) is 10.3. The molecule has 3 heterocycles. The first-order chi connectivity index (χ1) is 20.2. The molecule has 222 valence electrons. The summed E-state index contributed by atoms with van der Waals surface area (Å²) in [5.41, 5.74) is 5.85. The first-order valence-electron chi connectivity index (χ1n) is 14.2. The van der Waals surface area contributed by atoms with Gasteiger partial charge in [-0.15, -0.1) is 35.1 Å². The Morgan fingerprint density at radius 2 is 1.36 bits per heavy atom. The SMILES string of the molecule is Cl.O=C(O)C1CCCCN1CCC=C(c1sccc1COCc1ccccc1)c1sccc1COCc1ccccc1. The summed E-state index contributed by atoms with van der Waals surface area (Å²) >= 11 is 3.47. The first kappa shape index (κ1) is 32.1. The number of hydrogen-bond donors (Lipinski definition) is 1. The van der Waals surface area contributed by atoms with Crippen LogP contribution >= 0.6 is 35.1 Å². The molecular formula is C34H38ClNO4S2. The molecule has 1 N–H and O–H groups in total. The van der Waals surface area contributed by atoms with E-state index < -0.39 is 5.97 Å². The van der Waals surface area contributed by atoms with Gasteiger partial charge in [0.2, 0.25) is 0 Å².